The second kappa shape index (κ2) is 7.96. The van der Waals surface area contributed by atoms with Crippen LogP contribution in [0.5, 0.6) is 11.5 Å². The number of anilines is 2. The highest BCUT2D eigenvalue weighted by atomic mass is 19.1. The average molecular weight is 332 g/mol. The van der Waals surface area contributed by atoms with Crippen LogP contribution in [0.15, 0.2) is 42.5 Å². The number of amides is 2. The monoisotopic (exact) mass is 332 g/mol. The third-order valence-corrected chi connectivity index (χ3v) is 3.15. The van der Waals surface area contributed by atoms with E-state index in [1.807, 2.05) is 0 Å². The number of methoxy groups -OCH3 is 2. The lowest BCUT2D eigenvalue weighted by molar-refractivity contribution is -0.123. The molecular weight excluding hydrogens is 315 g/mol. The zero-order chi connectivity index (χ0) is 17.5. The van der Waals surface area contributed by atoms with Gasteiger partial charge in [0.15, 0.2) is 0 Å². The molecular formula is C17H17FN2O4. The Balaban J connectivity index is 2.00. The van der Waals surface area contributed by atoms with Crippen molar-refractivity contribution in [2.24, 2.45) is 0 Å². The van der Waals surface area contributed by atoms with Crippen LogP contribution in [0.1, 0.15) is 6.42 Å². The maximum atomic E-state index is 13.5. The topological polar surface area (TPSA) is 76.7 Å². The van der Waals surface area contributed by atoms with Crippen LogP contribution in [0.2, 0.25) is 0 Å². The Morgan fingerprint density at radius 1 is 0.958 bits per heavy atom. The number of nitrogens with one attached hydrogen (secondary N) is 2. The molecule has 2 aromatic carbocycles. The van der Waals surface area contributed by atoms with Gasteiger partial charge in [0.2, 0.25) is 11.8 Å². The molecule has 0 spiro atoms. The van der Waals surface area contributed by atoms with Crippen molar-refractivity contribution in [2.75, 3.05) is 24.9 Å². The first-order valence-electron chi connectivity index (χ1n) is 7.09. The Morgan fingerprint density at radius 2 is 1.62 bits per heavy atom. The van der Waals surface area contributed by atoms with E-state index in [1.54, 1.807) is 24.3 Å². The van der Waals surface area contributed by atoms with Crippen LogP contribution in [0.3, 0.4) is 0 Å². The molecule has 0 aliphatic rings. The van der Waals surface area contributed by atoms with E-state index in [4.69, 9.17) is 9.47 Å². The fraction of sp³-hybridized carbons (Fsp3) is 0.176. The fourth-order valence-corrected chi connectivity index (χ4v) is 2.01. The highest BCUT2D eigenvalue weighted by molar-refractivity contribution is 6.08. The van der Waals surface area contributed by atoms with Gasteiger partial charge in [-0.05, 0) is 24.3 Å². The van der Waals surface area contributed by atoms with Crippen LogP contribution in [0.25, 0.3) is 0 Å². The Labute approximate surface area is 138 Å². The van der Waals surface area contributed by atoms with Gasteiger partial charge in [-0.15, -0.1) is 0 Å². The van der Waals surface area contributed by atoms with Crippen molar-refractivity contribution < 1.29 is 23.5 Å². The smallest absolute Gasteiger partial charge is 0.233 e. The molecule has 2 amide bonds. The molecule has 0 atom stereocenters. The van der Waals surface area contributed by atoms with E-state index in [0.717, 1.165) is 0 Å². The molecule has 0 saturated heterocycles. The molecule has 126 valence electrons. The third-order valence-electron chi connectivity index (χ3n) is 3.15. The van der Waals surface area contributed by atoms with Crippen molar-refractivity contribution in [1.82, 2.24) is 0 Å². The predicted octanol–water partition coefficient (Wildman–Crippen LogP) is 2.81. The molecule has 7 heteroatoms. The Morgan fingerprint density at radius 3 is 2.25 bits per heavy atom. The van der Waals surface area contributed by atoms with Crippen molar-refractivity contribution in [1.29, 1.82) is 0 Å². The van der Waals surface area contributed by atoms with Crippen molar-refractivity contribution >= 4 is 23.2 Å². The normalized spacial score (nSPS) is 9.96. The van der Waals surface area contributed by atoms with E-state index in [2.05, 4.69) is 10.6 Å². The van der Waals surface area contributed by atoms with E-state index < -0.39 is 24.1 Å². The van der Waals surface area contributed by atoms with E-state index >= 15 is 0 Å². The molecule has 0 bridgehead atoms. The summed E-state index contributed by atoms with van der Waals surface area (Å²) in [6, 6.07) is 10.6. The summed E-state index contributed by atoms with van der Waals surface area (Å²) in [7, 11) is 2.96. The molecule has 0 aliphatic heterocycles. The molecule has 2 N–H and O–H groups in total. The molecule has 0 saturated carbocycles. The van der Waals surface area contributed by atoms with Gasteiger partial charge >= 0.3 is 0 Å². The average Bonchev–Trinajstić information content (AvgIpc) is 2.56. The summed E-state index contributed by atoms with van der Waals surface area (Å²) in [6.07, 6.45) is -0.464. The largest absolute Gasteiger partial charge is 0.497 e. The van der Waals surface area contributed by atoms with Gasteiger partial charge in [-0.25, -0.2) is 4.39 Å². The molecule has 0 radical (unpaired) electrons. The molecule has 24 heavy (non-hydrogen) atoms. The minimum Gasteiger partial charge on any atom is -0.497 e. The maximum absolute atomic E-state index is 13.5. The van der Waals surface area contributed by atoms with Crippen LogP contribution in [0, 0.1) is 5.82 Å². The lowest BCUT2D eigenvalue weighted by atomic mass is 10.2. The Hall–Kier alpha value is -3.09. The SMILES string of the molecule is COc1ccc(OC)c(NC(=O)CC(=O)Nc2ccccc2F)c1. The van der Waals surface area contributed by atoms with E-state index in [9.17, 15) is 14.0 Å². The number of halogens is 1. The zero-order valence-electron chi connectivity index (χ0n) is 13.3. The van der Waals surface area contributed by atoms with Gasteiger partial charge in [0.25, 0.3) is 0 Å². The zero-order valence-corrected chi connectivity index (χ0v) is 13.3. The predicted molar refractivity (Wildman–Crippen MR) is 87.8 cm³/mol. The second-order valence-electron chi connectivity index (χ2n) is 4.82. The molecule has 6 nitrogen and oxygen atoms in total. The summed E-state index contributed by atoms with van der Waals surface area (Å²) in [5.74, 6) is -0.795. The number of rotatable bonds is 6. The van der Waals surface area contributed by atoms with Crippen molar-refractivity contribution in [3.05, 3.63) is 48.3 Å². The van der Waals surface area contributed by atoms with Gasteiger partial charge in [0.1, 0.15) is 23.7 Å². The molecule has 0 heterocycles. The van der Waals surface area contributed by atoms with Gasteiger partial charge in [-0.2, -0.15) is 0 Å². The van der Waals surface area contributed by atoms with Crippen molar-refractivity contribution in [2.45, 2.75) is 6.42 Å². The summed E-state index contributed by atoms with van der Waals surface area (Å²) >= 11 is 0. The van der Waals surface area contributed by atoms with Crippen LogP contribution < -0.4 is 20.1 Å². The number of para-hydroxylation sites is 1. The number of hydrogen-bond donors (Lipinski definition) is 2. The van der Waals surface area contributed by atoms with Crippen LogP contribution >= 0.6 is 0 Å². The molecule has 2 rings (SSSR count). The standard InChI is InChI=1S/C17H17FN2O4/c1-23-11-7-8-15(24-2)14(9-11)20-17(22)10-16(21)19-13-6-4-3-5-12(13)18/h3-9H,10H2,1-2H3,(H,19,21)(H,20,22). The summed E-state index contributed by atoms with van der Waals surface area (Å²) in [5.41, 5.74) is 0.398. The molecule has 0 aromatic heterocycles. The van der Waals surface area contributed by atoms with E-state index in [1.165, 1.54) is 32.4 Å². The van der Waals surface area contributed by atoms with Gasteiger partial charge in [-0.1, -0.05) is 12.1 Å². The molecule has 0 fully saturated rings. The fourth-order valence-electron chi connectivity index (χ4n) is 2.01. The molecule has 0 unspecified atom stereocenters. The van der Waals surface area contributed by atoms with Crippen LogP contribution in [-0.2, 0) is 9.59 Å². The van der Waals surface area contributed by atoms with E-state index in [-0.39, 0.29) is 5.69 Å². The third kappa shape index (κ3) is 4.45. The number of benzene rings is 2. The summed E-state index contributed by atoms with van der Waals surface area (Å²) in [6.45, 7) is 0. The van der Waals surface area contributed by atoms with Crippen molar-refractivity contribution in [3.8, 4) is 11.5 Å². The lowest BCUT2D eigenvalue weighted by Crippen LogP contribution is -2.22. The first kappa shape index (κ1) is 17.3. The maximum Gasteiger partial charge on any atom is 0.233 e. The lowest BCUT2D eigenvalue weighted by Gasteiger charge is -2.12. The van der Waals surface area contributed by atoms with Crippen molar-refractivity contribution in [3.63, 3.8) is 0 Å². The van der Waals surface area contributed by atoms with Crippen LogP contribution in [0.4, 0.5) is 15.8 Å². The minimum absolute atomic E-state index is 0.0225. The number of carbonyl (C=O) groups excluding carboxylic acids is 2. The second-order valence-corrected chi connectivity index (χ2v) is 4.82. The summed E-state index contributed by atoms with van der Waals surface area (Å²) in [5, 5.41) is 4.92. The van der Waals surface area contributed by atoms with Crippen LogP contribution in [-0.4, -0.2) is 26.0 Å². The summed E-state index contributed by atoms with van der Waals surface area (Å²) in [4.78, 5) is 23.9. The van der Waals surface area contributed by atoms with Gasteiger partial charge in [0.05, 0.1) is 25.6 Å². The minimum atomic E-state index is -0.625. The number of ether oxygens (including phenoxy) is 2. The highest BCUT2D eigenvalue weighted by Gasteiger charge is 2.14. The van der Waals surface area contributed by atoms with Gasteiger partial charge in [-0.3, -0.25) is 9.59 Å². The number of carbonyl (C=O) groups is 2. The highest BCUT2D eigenvalue weighted by Crippen LogP contribution is 2.28. The number of hydrogen-bond acceptors (Lipinski definition) is 4. The summed E-state index contributed by atoms with van der Waals surface area (Å²) < 4.78 is 23.7. The first-order chi connectivity index (χ1) is 11.5. The molecule has 2 aromatic rings. The Bertz CT molecular complexity index is 749. The molecule has 0 aliphatic carbocycles. The van der Waals surface area contributed by atoms with Gasteiger partial charge < -0.3 is 20.1 Å². The quantitative estimate of drug-likeness (QED) is 0.798. The van der Waals surface area contributed by atoms with Gasteiger partial charge in [0, 0.05) is 6.07 Å². The first-order valence-corrected chi connectivity index (χ1v) is 7.09. The van der Waals surface area contributed by atoms with E-state index in [0.29, 0.717) is 17.2 Å². The Kier molecular flexibility index (Phi) is 5.73.